The van der Waals surface area contributed by atoms with Crippen LogP contribution in [0.4, 0.5) is 11.6 Å². The van der Waals surface area contributed by atoms with Crippen LogP contribution in [0.3, 0.4) is 0 Å². The molecule has 0 radical (unpaired) electrons. The van der Waals surface area contributed by atoms with Crippen molar-refractivity contribution in [2.75, 3.05) is 18.4 Å². The van der Waals surface area contributed by atoms with Crippen LogP contribution in [0.2, 0.25) is 0 Å². The van der Waals surface area contributed by atoms with E-state index < -0.39 is 10.0 Å². The van der Waals surface area contributed by atoms with Gasteiger partial charge in [0.2, 0.25) is 5.95 Å². The predicted molar refractivity (Wildman–Crippen MR) is 159 cm³/mol. The number of anilines is 2. The average molecular weight is 598 g/mol. The fraction of sp³-hybridized carbons (Fsp3) is 0.310. The fourth-order valence-electron chi connectivity index (χ4n) is 5.32. The summed E-state index contributed by atoms with van der Waals surface area (Å²) in [5.41, 5.74) is 3.32. The second-order valence-electron chi connectivity index (χ2n) is 10.5. The lowest BCUT2D eigenvalue weighted by atomic mass is 9.90. The topological polar surface area (TPSA) is 152 Å². The summed E-state index contributed by atoms with van der Waals surface area (Å²) >= 11 is 0. The highest BCUT2D eigenvalue weighted by atomic mass is 32.2. The van der Waals surface area contributed by atoms with E-state index in [4.69, 9.17) is 0 Å². The van der Waals surface area contributed by atoms with Crippen molar-refractivity contribution in [1.82, 2.24) is 43.6 Å². The number of aromatic nitrogens is 8. The van der Waals surface area contributed by atoms with Gasteiger partial charge >= 0.3 is 0 Å². The van der Waals surface area contributed by atoms with Crippen LogP contribution in [0.15, 0.2) is 84.7 Å². The molecule has 14 heteroatoms. The van der Waals surface area contributed by atoms with Gasteiger partial charge < -0.3 is 5.32 Å². The fourth-order valence-corrected chi connectivity index (χ4v) is 6.74. The lowest BCUT2D eigenvalue weighted by molar-refractivity contribution is 0.232. The van der Waals surface area contributed by atoms with E-state index in [1.54, 1.807) is 36.5 Å². The smallest absolute Gasteiger partial charge is 0.262 e. The second kappa shape index (κ2) is 12.2. The molecule has 0 bridgehead atoms. The molecule has 13 nitrogen and oxygen atoms in total. The number of sulfonamides is 1. The first-order valence-corrected chi connectivity index (χ1v) is 15.4. The van der Waals surface area contributed by atoms with Crippen molar-refractivity contribution in [1.29, 1.82) is 5.26 Å². The first-order valence-electron chi connectivity index (χ1n) is 14.0. The van der Waals surface area contributed by atoms with Gasteiger partial charge in [-0.3, -0.25) is 9.36 Å². The summed E-state index contributed by atoms with van der Waals surface area (Å²) in [6.07, 6.45) is 13.1. The van der Waals surface area contributed by atoms with Crippen LogP contribution < -0.4 is 5.32 Å². The van der Waals surface area contributed by atoms with Gasteiger partial charge in [-0.15, -0.1) is 0 Å². The van der Waals surface area contributed by atoms with Crippen LogP contribution in [-0.2, 0) is 17.1 Å². The van der Waals surface area contributed by atoms with E-state index in [2.05, 4.69) is 36.7 Å². The van der Waals surface area contributed by atoms with E-state index in [9.17, 15) is 13.7 Å². The second-order valence-corrected chi connectivity index (χ2v) is 12.4. The molecule has 43 heavy (non-hydrogen) atoms. The Hall–Kier alpha value is -4.87. The summed E-state index contributed by atoms with van der Waals surface area (Å²) in [5.74, 6) is 0.730. The van der Waals surface area contributed by atoms with Crippen LogP contribution in [0.1, 0.15) is 31.7 Å². The standard InChI is InChI=1S/C29H31N11O2S/c1-37-16-11-28(36-37)43(41,42)38-17-9-22(10-18-38)19-26(7-12-30)40-21-23(20-33-40)27-8-14-31-29(35-27)34-24-3-5-25(6-4-24)39-15-2-13-32-39/h2-6,8,11,13-16,20-22,26H,7,9-10,17-19H2,1H3,(H,31,34,35). The highest BCUT2D eigenvalue weighted by Gasteiger charge is 2.32. The van der Waals surface area contributed by atoms with Crippen molar-refractivity contribution < 1.29 is 8.42 Å². The molecule has 1 N–H and O–H groups in total. The van der Waals surface area contributed by atoms with Crippen molar-refractivity contribution in [3.05, 3.63) is 79.6 Å². The molecule has 0 saturated carbocycles. The van der Waals surface area contributed by atoms with Crippen molar-refractivity contribution in [2.24, 2.45) is 13.0 Å². The Bertz CT molecular complexity index is 1810. The van der Waals surface area contributed by atoms with Crippen LogP contribution in [0.5, 0.6) is 0 Å². The Morgan fingerprint density at radius 1 is 1.07 bits per heavy atom. The zero-order valence-corrected chi connectivity index (χ0v) is 24.4. The number of hydrogen-bond acceptors (Lipinski definition) is 9. The lowest BCUT2D eigenvalue weighted by Gasteiger charge is -2.32. The largest absolute Gasteiger partial charge is 0.324 e. The number of rotatable bonds is 10. The van der Waals surface area contributed by atoms with E-state index in [1.807, 2.05) is 53.5 Å². The summed E-state index contributed by atoms with van der Waals surface area (Å²) in [7, 11) is -1.91. The molecular weight excluding hydrogens is 566 g/mol. The third kappa shape index (κ3) is 6.32. The molecular formula is C29H31N11O2S. The molecule has 5 heterocycles. The summed E-state index contributed by atoms with van der Waals surface area (Å²) in [4.78, 5) is 9.04. The van der Waals surface area contributed by atoms with E-state index in [1.165, 1.54) is 15.1 Å². The molecule has 1 unspecified atom stereocenters. The van der Waals surface area contributed by atoms with Crippen molar-refractivity contribution in [3.8, 4) is 23.0 Å². The number of nitriles is 1. The van der Waals surface area contributed by atoms with Crippen molar-refractivity contribution in [2.45, 2.75) is 36.8 Å². The number of piperidine rings is 1. The van der Waals surface area contributed by atoms with E-state index in [0.717, 1.165) is 23.4 Å². The van der Waals surface area contributed by atoms with Gasteiger partial charge in [-0.25, -0.2) is 23.1 Å². The van der Waals surface area contributed by atoms with Gasteiger partial charge in [0.05, 0.1) is 36.1 Å². The Morgan fingerprint density at radius 3 is 2.58 bits per heavy atom. The number of hydrogen-bond donors (Lipinski definition) is 1. The maximum absolute atomic E-state index is 12.9. The molecule has 1 aliphatic rings. The highest BCUT2D eigenvalue weighted by molar-refractivity contribution is 7.89. The SMILES string of the molecule is Cn1ccc(S(=O)(=O)N2CCC(CC(CC#N)n3cc(-c4ccnc(Nc5ccc(-n6cccn6)cc5)n4)cn3)CC2)n1. The maximum atomic E-state index is 12.9. The Kier molecular flexibility index (Phi) is 7.99. The monoisotopic (exact) mass is 597 g/mol. The third-order valence-electron chi connectivity index (χ3n) is 7.62. The molecule has 1 atom stereocenters. The van der Waals surface area contributed by atoms with Crippen LogP contribution in [0, 0.1) is 17.2 Å². The maximum Gasteiger partial charge on any atom is 0.262 e. The minimum absolute atomic E-state index is 0.0752. The third-order valence-corrected chi connectivity index (χ3v) is 9.41. The Morgan fingerprint density at radius 2 is 1.88 bits per heavy atom. The zero-order valence-electron chi connectivity index (χ0n) is 23.6. The number of aryl methyl sites for hydroxylation is 1. The average Bonchev–Trinajstić information content (AvgIpc) is 3.81. The zero-order chi connectivity index (χ0) is 29.8. The molecule has 220 valence electrons. The first kappa shape index (κ1) is 28.3. The van der Waals surface area contributed by atoms with Gasteiger partial charge in [0.25, 0.3) is 10.0 Å². The number of benzene rings is 1. The summed E-state index contributed by atoms with van der Waals surface area (Å²) < 4.78 is 32.5. The summed E-state index contributed by atoms with van der Waals surface area (Å²) in [6, 6.07) is 15.2. The molecule has 4 aromatic heterocycles. The number of nitrogens with one attached hydrogen (secondary N) is 1. The van der Waals surface area contributed by atoms with Crippen LogP contribution in [-0.4, -0.2) is 65.1 Å². The van der Waals surface area contributed by atoms with Gasteiger partial charge in [-0.1, -0.05) is 0 Å². The molecule has 1 fully saturated rings. The highest BCUT2D eigenvalue weighted by Crippen LogP contribution is 2.31. The molecule has 1 aliphatic heterocycles. The normalized spacial score (nSPS) is 15.3. The van der Waals surface area contributed by atoms with Gasteiger partial charge in [0, 0.05) is 62.4 Å². The Labute approximate surface area is 249 Å². The lowest BCUT2D eigenvalue weighted by Crippen LogP contribution is -2.39. The molecule has 6 rings (SSSR count). The van der Waals surface area contributed by atoms with Crippen molar-refractivity contribution >= 4 is 21.7 Å². The molecule has 0 amide bonds. The Balaban J connectivity index is 1.09. The first-order chi connectivity index (χ1) is 20.9. The number of nitrogens with zero attached hydrogens (tertiary/aromatic N) is 10. The van der Waals surface area contributed by atoms with Crippen LogP contribution >= 0.6 is 0 Å². The van der Waals surface area contributed by atoms with Gasteiger partial charge in [-0.2, -0.15) is 24.9 Å². The molecule has 1 saturated heterocycles. The minimum atomic E-state index is -3.61. The van der Waals surface area contributed by atoms with Crippen molar-refractivity contribution in [3.63, 3.8) is 0 Å². The van der Waals surface area contributed by atoms with E-state index in [0.29, 0.717) is 44.0 Å². The predicted octanol–water partition coefficient (Wildman–Crippen LogP) is 3.95. The summed E-state index contributed by atoms with van der Waals surface area (Å²) in [6.45, 7) is 0.853. The van der Waals surface area contributed by atoms with E-state index >= 15 is 0 Å². The molecule has 0 spiro atoms. The molecule has 1 aromatic carbocycles. The van der Waals surface area contributed by atoms with Crippen LogP contribution in [0.25, 0.3) is 16.9 Å². The quantitative estimate of drug-likeness (QED) is 0.252. The van der Waals surface area contributed by atoms with Gasteiger partial charge in [0.15, 0.2) is 5.03 Å². The molecule has 0 aliphatic carbocycles. The van der Waals surface area contributed by atoms with Gasteiger partial charge in [-0.05, 0) is 67.6 Å². The minimum Gasteiger partial charge on any atom is -0.324 e. The summed E-state index contributed by atoms with van der Waals surface area (Å²) in [5, 5.41) is 25.8. The van der Waals surface area contributed by atoms with E-state index in [-0.39, 0.29) is 17.0 Å². The van der Waals surface area contributed by atoms with Gasteiger partial charge in [0.1, 0.15) is 0 Å². The molecule has 5 aromatic rings.